The lowest BCUT2D eigenvalue weighted by Crippen LogP contribution is -2.09. The summed E-state index contributed by atoms with van der Waals surface area (Å²) in [5, 5.41) is 10.6. The smallest absolute Gasteiger partial charge is 0.343 e. The highest BCUT2D eigenvalue weighted by Gasteiger charge is 2.14. The molecule has 0 radical (unpaired) electrons. The van der Waals surface area contributed by atoms with Crippen molar-refractivity contribution in [2.75, 3.05) is 14.2 Å². The number of nitro benzene ring substituents is 1. The van der Waals surface area contributed by atoms with Gasteiger partial charge in [0.2, 0.25) is 0 Å². The monoisotopic (exact) mass is 357 g/mol. The zero-order valence-electron chi connectivity index (χ0n) is 14.0. The number of hydrogen-bond acceptors (Lipinski definition) is 7. The number of nitrogens with zero attached hydrogens (tertiary/aromatic N) is 1. The Bertz CT molecular complexity index is 856. The third-order valence-corrected chi connectivity index (χ3v) is 3.32. The second kappa shape index (κ2) is 8.43. The van der Waals surface area contributed by atoms with Gasteiger partial charge in [-0.15, -0.1) is 0 Å². The first kappa shape index (κ1) is 18.7. The lowest BCUT2D eigenvalue weighted by atomic mass is 10.2. The molecule has 8 nitrogen and oxygen atoms in total. The molecule has 0 heterocycles. The van der Waals surface area contributed by atoms with Crippen LogP contribution in [0.25, 0.3) is 6.08 Å². The lowest BCUT2D eigenvalue weighted by molar-refractivity contribution is -0.384. The van der Waals surface area contributed by atoms with E-state index in [-0.39, 0.29) is 22.7 Å². The van der Waals surface area contributed by atoms with Crippen LogP contribution < -0.4 is 9.47 Å². The minimum atomic E-state index is -0.684. The van der Waals surface area contributed by atoms with Gasteiger partial charge in [0.15, 0.2) is 11.5 Å². The van der Waals surface area contributed by atoms with Crippen molar-refractivity contribution in [2.24, 2.45) is 0 Å². The molecule has 0 aliphatic carbocycles. The molecule has 2 rings (SSSR count). The zero-order valence-corrected chi connectivity index (χ0v) is 14.0. The summed E-state index contributed by atoms with van der Waals surface area (Å²) < 4.78 is 15.0. The van der Waals surface area contributed by atoms with Crippen molar-refractivity contribution in [3.8, 4) is 11.5 Å². The van der Waals surface area contributed by atoms with Crippen LogP contribution in [0, 0.1) is 10.1 Å². The molecule has 0 saturated heterocycles. The molecule has 0 bridgehead atoms. The van der Waals surface area contributed by atoms with Gasteiger partial charge in [-0.25, -0.2) is 9.59 Å². The van der Waals surface area contributed by atoms with Crippen LogP contribution in [0.2, 0.25) is 0 Å². The first-order chi connectivity index (χ1) is 12.4. The molecule has 0 aromatic heterocycles. The fraction of sp³-hybridized carbons (Fsp3) is 0.111. The molecule has 0 atom stereocenters. The first-order valence-corrected chi connectivity index (χ1v) is 7.35. The Hall–Kier alpha value is -3.68. The molecule has 0 saturated carbocycles. The Morgan fingerprint density at radius 3 is 2.31 bits per heavy atom. The van der Waals surface area contributed by atoms with Crippen LogP contribution in [0.15, 0.2) is 48.5 Å². The van der Waals surface area contributed by atoms with Crippen LogP contribution in [0.1, 0.15) is 15.9 Å². The van der Waals surface area contributed by atoms with Crippen molar-refractivity contribution in [1.29, 1.82) is 0 Å². The minimum Gasteiger partial charge on any atom is -0.493 e. The SMILES string of the molecule is COC(=O)/C=C/c1ccc(OC(=O)c2ccc([N+](=O)[O-])cc2)c(OC)c1. The van der Waals surface area contributed by atoms with Gasteiger partial charge in [0.25, 0.3) is 5.69 Å². The number of non-ortho nitro benzene ring substituents is 1. The molecule has 0 amide bonds. The van der Waals surface area contributed by atoms with E-state index < -0.39 is 16.9 Å². The predicted octanol–water partition coefficient (Wildman–Crippen LogP) is 3.01. The van der Waals surface area contributed by atoms with E-state index in [0.29, 0.717) is 5.56 Å². The number of carbonyl (C=O) groups excluding carboxylic acids is 2. The van der Waals surface area contributed by atoms with Crippen molar-refractivity contribution in [1.82, 2.24) is 0 Å². The molecule has 0 aliphatic heterocycles. The topological polar surface area (TPSA) is 105 Å². The van der Waals surface area contributed by atoms with E-state index in [1.807, 2.05) is 0 Å². The van der Waals surface area contributed by atoms with Gasteiger partial charge in [0.05, 0.1) is 24.7 Å². The van der Waals surface area contributed by atoms with Gasteiger partial charge in [-0.2, -0.15) is 0 Å². The average Bonchev–Trinajstić information content (AvgIpc) is 2.66. The summed E-state index contributed by atoms with van der Waals surface area (Å²) in [4.78, 5) is 33.4. The maximum Gasteiger partial charge on any atom is 0.343 e. The van der Waals surface area contributed by atoms with E-state index in [0.717, 1.165) is 0 Å². The second-order valence-electron chi connectivity index (χ2n) is 4.96. The largest absolute Gasteiger partial charge is 0.493 e. The number of methoxy groups -OCH3 is 2. The summed E-state index contributed by atoms with van der Waals surface area (Å²) in [6, 6.07) is 9.77. The number of carbonyl (C=O) groups is 2. The summed E-state index contributed by atoms with van der Waals surface area (Å²) in [7, 11) is 2.68. The first-order valence-electron chi connectivity index (χ1n) is 7.35. The van der Waals surface area contributed by atoms with E-state index in [1.54, 1.807) is 12.1 Å². The van der Waals surface area contributed by atoms with E-state index in [4.69, 9.17) is 9.47 Å². The van der Waals surface area contributed by atoms with Crippen LogP contribution in [-0.4, -0.2) is 31.1 Å². The summed E-state index contributed by atoms with van der Waals surface area (Å²) in [5.74, 6) is -0.730. The number of esters is 2. The van der Waals surface area contributed by atoms with Gasteiger partial charge in [0.1, 0.15) is 0 Å². The molecule has 26 heavy (non-hydrogen) atoms. The molecule has 134 valence electrons. The maximum absolute atomic E-state index is 12.2. The molecular weight excluding hydrogens is 342 g/mol. The summed E-state index contributed by atoms with van der Waals surface area (Å²) in [6.45, 7) is 0. The van der Waals surface area contributed by atoms with Crippen molar-refractivity contribution >= 4 is 23.7 Å². The van der Waals surface area contributed by atoms with Gasteiger partial charge in [-0.3, -0.25) is 10.1 Å². The van der Waals surface area contributed by atoms with Crippen LogP contribution >= 0.6 is 0 Å². The van der Waals surface area contributed by atoms with Crippen molar-refractivity contribution in [3.63, 3.8) is 0 Å². The minimum absolute atomic E-state index is 0.124. The molecule has 2 aromatic rings. The molecule has 0 N–H and O–H groups in total. The number of hydrogen-bond donors (Lipinski definition) is 0. The molecular formula is C18H15NO7. The van der Waals surface area contributed by atoms with Crippen LogP contribution in [0.5, 0.6) is 11.5 Å². The quantitative estimate of drug-likeness (QED) is 0.257. The highest BCUT2D eigenvalue weighted by Crippen LogP contribution is 2.29. The third kappa shape index (κ3) is 4.67. The highest BCUT2D eigenvalue weighted by molar-refractivity contribution is 5.91. The summed E-state index contributed by atoms with van der Waals surface area (Å²) >= 11 is 0. The molecule has 0 fully saturated rings. The Kier molecular flexibility index (Phi) is 6.05. The summed E-state index contributed by atoms with van der Waals surface area (Å²) in [6.07, 6.45) is 2.77. The average molecular weight is 357 g/mol. The van der Waals surface area contributed by atoms with Crippen LogP contribution in [0.4, 0.5) is 5.69 Å². The lowest BCUT2D eigenvalue weighted by Gasteiger charge is -2.10. The van der Waals surface area contributed by atoms with Gasteiger partial charge < -0.3 is 14.2 Å². The van der Waals surface area contributed by atoms with Crippen LogP contribution in [0.3, 0.4) is 0 Å². The maximum atomic E-state index is 12.2. The number of ether oxygens (including phenoxy) is 3. The number of rotatable bonds is 6. The Balaban J connectivity index is 2.17. The molecule has 2 aromatic carbocycles. The Morgan fingerprint density at radius 2 is 1.73 bits per heavy atom. The van der Waals surface area contributed by atoms with Crippen molar-refractivity contribution in [2.45, 2.75) is 0 Å². The Morgan fingerprint density at radius 1 is 1.04 bits per heavy atom. The fourth-order valence-corrected chi connectivity index (χ4v) is 1.98. The van der Waals surface area contributed by atoms with Crippen molar-refractivity contribution < 1.29 is 28.7 Å². The van der Waals surface area contributed by atoms with Gasteiger partial charge >= 0.3 is 11.9 Å². The van der Waals surface area contributed by atoms with Crippen molar-refractivity contribution in [3.05, 3.63) is 69.8 Å². The van der Waals surface area contributed by atoms with E-state index >= 15 is 0 Å². The van der Waals surface area contributed by atoms with E-state index in [2.05, 4.69) is 4.74 Å². The second-order valence-corrected chi connectivity index (χ2v) is 4.96. The van der Waals surface area contributed by atoms with Gasteiger partial charge in [-0.1, -0.05) is 6.07 Å². The molecule has 0 aliphatic rings. The normalized spacial score (nSPS) is 10.4. The van der Waals surface area contributed by atoms with Gasteiger partial charge in [-0.05, 0) is 35.9 Å². The fourth-order valence-electron chi connectivity index (χ4n) is 1.98. The summed E-state index contributed by atoms with van der Waals surface area (Å²) in [5.41, 5.74) is 0.676. The predicted molar refractivity (Wildman–Crippen MR) is 92.1 cm³/mol. The standard InChI is InChI=1S/C18H15NO7/c1-24-16-11-12(4-10-17(20)25-2)3-9-15(16)26-18(21)13-5-7-14(8-6-13)19(22)23/h3-11H,1-2H3/b10-4+. The number of benzene rings is 2. The van der Waals surface area contributed by atoms with E-state index in [1.165, 1.54) is 56.7 Å². The highest BCUT2D eigenvalue weighted by atomic mass is 16.6. The van der Waals surface area contributed by atoms with Gasteiger partial charge in [0, 0.05) is 18.2 Å². The van der Waals surface area contributed by atoms with E-state index in [9.17, 15) is 19.7 Å². The van der Waals surface area contributed by atoms with Crippen LogP contribution in [-0.2, 0) is 9.53 Å². The molecule has 0 unspecified atom stereocenters. The number of nitro groups is 1. The molecule has 0 spiro atoms. The molecule has 8 heteroatoms. The Labute approximate surface area is 148 Å². The third-order valence-electron chi connectivity index (χ3n) is 3.32. The zero-order chi connectivity index (χ0) is 19.1.